The SMILES string of the molecule is Br.CC(C)(C)C(=O)OCN1C=C(CCN2C(=O)c3ccccc3C2=O)N(CCc2ccccc2)C1. The summed E-state index contributed by atoms with van der Waals surface area (Å²) in [6.45, 7) is 7.31. The summed E-state index contributed by atoms with van der Waals surface area (Å²) in [6, 6.07) is 17.2. The zero-order valence-electron chi connectivity index (χ0n) is 20.4. The number of rotatable bonds is 8. The number of esters is 1. The quantitative estimate of drug-likeness (QED) is 0.363. The third-order valence-electron chi connectivity index (χ3n) is 6.05. The van der Waals surface area contributed by atoms with E-state index in [2.05, 4.69) is 17.0 Å². The van der Waals surface area contributed by atoms with Gasteiger partial charge in [0, 0.05) is 31.4 Å². The van der Waals surface area contributed by atoms with Crippen LogP contribution in [0.2, 0.25) is 0 Å². The minimum atomic E-state index is -0.565. The Balaban J connectivity index is 0.00000342. The predicted octanol–water partition coefficient (Wildman–Crippen LogP) is 4.46. The first kappa shape index (κ1) is 26.5. The van der Waals surface area contributed by atoms with Crippen LogP contribution in [0.5, 0.6) is 0 Å². The largest absolute Gasteiger partial charge is 0.444 e. The molecular weight excluding hydrogens is 510 g/mol. The molecule has 0 spiro atoms. The van der Waals surface area contributed by atoms with E-state index < -0.39 is 5.41 Å². The molecule has 2 aliphatic rings. The van der Waals surface area contributed by atoms with E-state index in [4.69, 9.17) is 4.74 Å². The molecule has 4 rings (SSSR count). The molecule has 2 aromatic rings. The molecule has 8 heteroatoms. The second-order valence-corrected chi connectivity index (χ2v) is 9.72. The molecular formula is C27H32BrN3O4. The number of halogens is 1. The maximum Gasteiger partial charge on any atom is 0.312 e. The number of hydrogen-bond acceptors (Lipinski definition) is 6. The van der Waals surface area contributed by atoms with Crippen molar-refractivity contribution in [2.75, 3.05) is 26.5 Å². The molecule has 7 nitrogen and oxygen atoms in total. The van der Waals surface area contributed by atoms with Gasteiger partial charge in [0.05, 0.1) is 23.2 Å². The number of benzene rings is 2. The van der Waals surface area contributed by atoms with E-state index in [-0.39, 0.29) is 41.5 Å². The monoisotopic (exact) mass is 541 g/mol. The maximum atomic E-state index is 12.7. The average Bonchev–Trinajstić information content (AvgIpc) is 3.33. The molecule has 2 amide bonds. The topological polar surface area (TPSA) is 70.2 Å². The van der Waals surface area contributed by atoms with Crippen molar-refractivity contribution >= 4 is 34.8 Å². The van der Waals surface area contributed by atoms with E-state index in [0.717, 1.165) is 18.7 Å². The molecule has 0 radical (unpaired) electrons. The van der Waals surface area contributed by atoms with Crippen molar-refractivity contribution in [3.05, 3.63) is 83.2 Å². The molecule has 0 aliphatic carbocycles. The number of hydrogen-bond donors (Lipinski definition) is 0. The minimum absolute atomic E-state index is 0. The number of carbonyl (C=O) groups excluding carboxylic acids is 3. The van der Waals surface area contributed by atoms with Gasteiger partial charge in [-0.3, -0.25) is 19.3 Å². The van der Waals surface area contributed by atoms with Crippen molar-refractivity contribution < 1.29 is 19.1 Å². The summed E-state index contributed by atoms with van der Waals surface area (Å²) in [6.07, 6.45) is 3.36. The van der Waals surface area contributed by atoms with Crippen molar-refractivity contribution in [1.82, 2.24) is 14.7 Å². The van der Waals surface area contributed by atoms with Crippen molar-refractivity contribution in [2.24, 2.45) is 5.41 Å². The molecule has 0 aromatic heterocycles. The molecule has 0 saturated heterocycles. The van der Waals surface area contributed by atoms with Crippen LogP contribution in [-0.4, -0.2) is 59.0 Å². The number of amides is 2. The van der Waals surface area contributed by atoms with E-state index in [1.165, 1.54) is 10.5 Å². The Morgan fingerprint density at radius 3 is 2.09 bits per heavy atom. The number of imide groups is 1. The van der Waals surface area contributed by atoms with Crippen LogP contribution < -0.4 is 0 Å². The van der Waals surface area contributed by atoms with Gasteiger partial charge in [-0.05, 0) is 44.9 Å². The zero-order chi connectivity index (χ0) is 24.3. The van der Waals surface area contributed by atoms with E-state index >= 15 is 0 Å². The Morgan fingerprint density at radius 1 is 0.886 bits per heavy atom. The number of ether oxygens (including phenoxy) is 1. The summed E-state index contributed by atoms with van der Waals surface area (Å²) < 4.78 is 5.50. The highest BCUT2D eigenvalue weighted by atomic mass is 79.9. The van der Waals surface area contributed by atoms with Crippen molar-refractivity contribution in [3.8, 4) is 0 Å². The van der Waals surface area contributed by atoms with E-state index in [1.54, 1.807) is 24.3 Å². The third-order valence-corrected chi connectivity index (χ3v) is 6.05. The van der Waals surface area contributed by atoms with Gasteiger partial charge in [-0.2, -0.15) is 0 Å². The van der Waals surface area contributed by atoms with Crippen LogP contribution in [0.15, 0.2) is 66.5 Å². The molecule has 2 heterocycles. The van der Waals surface area contributed by atoms with Gasteiger partial charge in [-0.1, -0.05) is 42.5 Å². The van der Waals surface area contributed by atoms with Gasteiger partial charge in [-0.25, -0.2) is 0 Å². The molecule has 186 valence electrons. The second-order valence-electron chi connectivity index (χ2n) is 9.72. The first-order valence-corrected chi connectivity index (χ1v) is 11.6. The smallest absolute Gasteiger partial charge is 0.312 e. The van der Waals surface area contributed by atoms with Crippen molar-refractivity contribution in [3.63, 3.8) is 0 Å². The Labute approximate surface area is 217 Å². The fourth-order valence-electron chi connectivity index (χ4n) is 4.09. The van der Waals surface area contributed by atoms with Gasteiger partial charge < -0.3 is 14.5 Å². The van der Waals surface area contributed by atoms with Crippen LogP contribution >= 0.6 is 17.0 Å². The molecule has 0 N–H and O–H groups in total. The highest BCUT2D eigenvalue weighted by Crippen LogP contribution is 2.26. The van der Waals surface area contributed by atoms with Gasteiger partial charge in [-0.15, -0.1) is 17.0 Å². The van der Waals surface area contributed by atoms with Gasteiger partial charge in [0.25, 0.3) is 11.8 Å². The normalized spacial score (nSPS) is 15.2. The summed E-state index contributed by atoms with van der Waals surface area (Å²) in [7, 11) is 0. The van der Waals surface area contributed by atoms with Crippen LogP contribution in [0.4, 0.5) is 0 Å². The number of nitrogens with zero attached hydrogens (tertiary/aromatic N) is 3. The van der Waals surface area contributed by atoms with Crippen LogP contribution in [0.25, 0.3) is 0 Å². The Hall–Kier alpha value is -3.13. The summed E-state index contributed by atoms with van der Waals surface area (Å²) in [5.74, 6) is -0.742. The number of carbonyl (C=O) groups is 3. The van der Waals surface area contributed by atoms with E-state index in [1.807, 2.05) is 50.1 Å². The van der Waals surface area contributed by atoms with E-state index in [9.17, 15) is 14.4 Å². The van der Waals surface area contributed by atoms with Crippen molar-refractivity contribution in [2.45, 2.75) is 33.6 Å². The van der Waals surface area contributed by atoms with Gasteiger partial charge >= 0.3 is 5.97 Å². The highest BCUT2D eigenvalue weighted by molar-refractivity contribution is 8.93. The lowest BCUT2D eigenvalue weighted by Gasteiger charge is -2.25. The Kier molecular flexibility index (Phi) is 8.38. The van der Waals surface area contributed by atoms with Crippen molar-refractivity contribution in [1.29, 1.82) is 0 Å². The fourth-order valence-corrected chi connectivity index (χ4v) is 4.09. The van der Waals surface area contributed by atoms with E-state index in [0.29, 0.717) is 30.8 Å². The third kappa shape index (κ3) is 6.11. The maximum absolute atomic E-state index is 12.7. The molecule has 0 atom stereocenters. The lowest BCUT2D eigenvalue weighted by molar-refractivity contribution is -0.157. The average molecular weight is 542 g/mol. The Morgan fingerprint density at radius 2 is 1.49 bits per heavy atom. The lowest BCUT2D eigenvalue weighted by Crippen LogP contribution is -2.34. The lowest BCUT2D eigenvalue weighted by atomic mass is 9.98. The first-order chi connectivity index (χ1) is 16.2. The molecule has 2 aromatic carbocycles. The highest BCUT2D eigenvalue weighted by Gasteiger charge is 2.35. The second kappa shape index (κ2) is 11.1. The molecule has 0 unspecified atom stereocenters. The standard InChI is InChI=1S/C27H31N3O4.BrH/c1-27(2,3)26(33)34-19-28-17-21(29(18-28)15-13-20-9-5-4-6-10-20)14-16-30-24(31)22-11-7-8-12-23(22)25(30)32;/h4-12,17H,13-16,18-19H2,1-3H3;1H. The van der Waals surface area contributed by atoms with Gasteiger partial charge in [0.15, 0.2) is 6.73 Å². The predicted molar refractivity (Wildman–Crippen MR) is 139 cm³/mol. The molecule has 35 heavy (non-hydrogen) atoms. The molecule has 0 fully saturated rings. The van der Waals surface area contributed by atoms with Crippen LogP contribution in [-0.2, 0) is 16.0 Å². The minimum Gasteiger partial charge on any atom is -0.444 e. The van der Waals surface area contributed by atoms with Crippen LogP contribution in [0.1, 0.15) is 53.5 Å². The fraction of sp³-hybridized carbons (Fsp3) is 0.370. The van der Waals surface area contributed by atoms with Gasteiger partial charge in [0.2, 0.25) is 0 Å². The van der Waals surface area contributed by atoms with Gasteiger partial charge in [0.1, 0.15) is 0 Å². The first-order valence-electron chi connectivity index (χ1n) is 11.6. The zero-order valence-corrected chi connectivity index (χ0v) is 22.1. The summed E-state index contributed by atoms with van der Waals surface area (Å²) in [5, 5.41) is 0. The summed E-state index contributed by atoms with van der Waals surface area (Å²) >= 11 is 0. The summed E-state index contributed by atoms with van der Waals surface area (Å²) in [5.41, 5.74) is 2.61. The number of fused-ring (bicyclic) bond motifs is 1. The Bertz CT molecular complexity index is 1080. The molecule has 0 bridgehead atoms. The summed E-state index contributed by atoms with van der Waals surface area (Å²) in [4.78, 5) is 43.2. The van der Waals surface area contributed by atoms with Crippen LogP contribution in [0.3, 0.4) is 0 Å². The molecule has 0 saturated carbocycles. The van der Waals surface area contributed by atoms with Crippen LogP contribution in [0, 0.1) is 5.41 Å². The molecule has 2 aliphatic heterocycles.